The van der Waals surface area contributed by atoms with E-state index in [2.05, 4.69) is 33.0 Å². The van der Waals surface area contributed by atoms with E-state index < -0.39 is 6.17 Å². The lowest BCUT2D eigenvalue weighted by Gasteiger charge is -2.48. The van der Waals surface area contributed by atoms with Gasteiger partial charge in [-0.2, -0.15) is 0 Å². The lowest BCUT2D eigenvalue weighted by molar-refractivity contribution is 0.0102. The standard InChI is InChI=1S/C18H32FN2P/c1-13-8-18(20(2)11-13)10-15(22)7-16(18)21-12-14(19)9-17(21)5-3-4-6-17/h13-16H,3-12,22H2,1-2H3. The van der Waals surface area contributed by atoms with Gasteiger partial charge in [-0.3, -0.25) is 9.80 Å². The third-order valence-electron chi connectivity index (χ3n) is 7.33. The van der Waals surface area contributed by atoms with Gasteiger partial charge in [0.1, 0.15) is 6.17 Å². The molecule has 0 bridgehead atoms. The predicted octanol–water partition coefficient (Wildman–Crippen LogP) is 3.46. The molecule has 2 aliphatic heterocycles. The van der Waals surface area contributed by atoms with E-state index in [4.69, 9.17) is 0 Å². The molecule has 0 radical (unpaired) electrons. The zero-order valence-corrected chi connectivity index (χ0v) is 15.4. The summed E-state index contributed by atoms with van der Waals surface area (Å²) in [7, 11) is 5.41. The van der Waals surface area contributed by atoms with E-state index in [1.54, 1.807) is 0 Å². The van der Waals surface area contributed by atoms with Crippen molar-refractivity contribution >= 4 is 9.24 Å². The van der Waals surface area contributed by atoms with Gasteiger partial charge >= 0.3 is 0 Å². The van der Waals surface area contributed by atoms with Crippen molar-refractivity contribution in [1.29, 1.82) is 0 Å². The third-order valence-corrected chi connectivity index (χ3v) is 7.83. The molecule has 126 valence electrons. The predicted molar refractivity (Wildman–Crippen MR) is 93.1 cm³/mol. The number of likely N-dealkylation sites (tertiary alicyclic amines) is 2. The molecule has 2 heterocycles. The number of rotatable bonds is 1. The van der Waals surface area contributed by atoms with Crippen LogP contribution in [-0.2, 0) is 0 Å². The van der Waals surface area contributed by atoms with E-state index in [-0.39, 0.29) is 5.54 Å². The molecule has 2 nitrogen and oxygen atoms in total. The van der Waals surface area contributed by atoms with Crippen LogP contribution in [0.4, 0.5) is 4.39 Å². The molecule has 4 fully saturated rings. The van der Waals surface area contributed by atoms with Gasteiger partial charge in [0.05, 0.1) is 0 Å². The first kappa shape index (κ1) is 15.8. The minimum Gasteiger partial charge on any atom is -0.299 e. The number of alkyl halides is 1. The minimum absolute atomic E-state index is 0.207. The first-order chi connectivity index (χ1) is 10.5. The van der Waals surface area contributed by atoms with Gasteiger partial charge in [-0.05, 0) is 57.1 Å². The number of nitrogens with zero attached hydrogens (tertiary/aromatic N) is 2. The third kappa shape index (κ3) is 2.22. The van der Waals surface area contributed by atoms with Crippen molar-refractivity contribution in [2.24, 2.45) is 5.92 Å². The zero-order valence-electron chi connectivity index (χ0n) is 14.2. The summed E-state index contributed by atoms with van der Waals surface area (Å²) in [6.07, 6.45) is 9.13. The highest BCUT2D eigenvalue weighted by molar-refractivity contribution is 7.17. The molecule has 6 unspecified atom stereocenters. The molecule has 2 aliphatic carbocycles. The molecule has 4 heteroatoms. The van der Waals surface area contributed by atoms with Crippen molar-refractivity contribution in [3.8, 4) is 0 Å². The van der Waals surface area contributed by atoms with Gasteiger partial charge in [0.25, 0.3) is 0 Å². The fourth-order valence-electron chi connectivity index (χ4n) is 6.68. The first-order valence-electron chi connectivity index (χ1n) is 9.33. The van der Waals surface area contributed by atoms with Crippen LogP contribution in [0.1, 0.15) is 58.3 Å². The summed E-state index contributed by atoms with van der Waals surface area (Å²) in [6.45, 7) is 4.31. The maximum absolute atomic E-state index is 14.4. The molecule has 2 spiro atoms. The van der Waals surface area contributed by atoms with Crippen LogP contribution in [0.25, 0.3) is 0 Å². The summed E-state index contributed by atoms with van der Waals surface area (Å²) in [4.78, 5) is 5.32. The van der Waals surface area contributed by atoms with Crippen LogP contribution < -0.4 is 0 Å². The highest BCUT2D eigenvalue weighted by Crippen LogP contribution is 2.54. The summed E-state index contributed by atoms with van der Waals surface area (Å²) >= 11 is 0. The molecular weight excluding hydrogens is 294 g/mol. The molecule has 0 N–H and O–H groups in total. The Morgan fingerprint density at radius 1 is 1.09 bits per heavy atom. The van der Waals surface area contributed by atoms with Gasteiger partial charge in [-0.15, -0.1) is 9.24 Å². The van der Waals surface area contributed by atoms with Crippen LogP contribution in [-0.4, -0.2) is 58.9 Å². The lowest BCUT2D eigenvalue weighted by Crippen LogP contribution is -2.59. The molecule has 6 atom stereocenters. The Bertz CT molecular complexity index is 435. The highest BCUT2D eigenvalue weighted by Gasteiger charge is 2.60. The Labute approximate surface area is 137 Å². The van der Waals surface area contributed by atoms with Crippen molar-refractivity contribution in [3.63, 3.8) is 0 Å². The fourth-order valence-corrected chi connectivity index (χ4v) is 7.35. The van der Waals surface area contributed by atoms with Gasteiger partial charge in [-0.25, -0.2) is 4.39 Å². The van der Waals surface area contributed by atoms with Crippen molar-refractivity contribution in [2.75, 3.05) is 20.1 Å². The molecule has 2 saturated heterocycles. The minimum atomic E-state index is -0.595. The Hall–Kier alpha value is 0.280. The molecular formula is C18H32FN2P. The Kier molecular flexibility index (Phi) is 3.87. The van der Waals surface area contributed by atoms with E-state index in [1.807, 2.05) is 0 Å². The largest absolute Gasteiger partial charge is 0.299 e. The Balaban J connectivity index is 1.68. The maximum atomic E-state index is 14.4. The van der Waals surface area contributed by atoms with Gasteiger partial charge in [-0.1, -0.05) is 19.8 Å². The Morgan fingerprint density at radius 3 is 2.45 bits per heavy atom. The van der Waals surface area contributed by atoms with Crippen LogP contribution in [0.15, 0.2) is 0 Å². The molecule has 0 aromatic heterocycles. The van der Waals surface area contributed by atoms with E-state index in [9.17, 15) is 4.39 Å². The van der Waals surface area contributed by atoms with Crippen molar-refractivity contribution in [1.82, 2.24) is 9.80 Å². The number of hydrogen-bond donors (Lipinski definition) is 0. The molecule has 0 amide bonds. The summed E-state index contributed by atoms with van der Waals surface area (Å²) in [5, 5.41) is 0. The quantitative estimate of drug-likeness (QED) is 0.681. The van der Waals surface area contributed by atoms with Gasteiger partial charge < -0.3 is 0 Å². The normalized spacial score (nSPS) is 49.1. The first-order valence-corrected chi connectivity index (χ1v) is 9.99. The maximum Gasteiger partial charge on any atom is 0.115 e. The number of likely N-dealkylation sites (N-methyl/N-ethyl adjacent to an activating group) is 1. The summed E-state index contributed by atoms with van der Waals surface area (Å²) in [5.41, 5.74) is 1.22. The summed E-state index contributed by atoms with van der Waals surface area (Å²) < 4.78 is 14.4. The van der Waals surface area contributed by atoms with Crippen LogP contribution in [0.5, 0.6) is 0 Å². The second-order valence-corrected chi connectivity index (χ2v) is 9.84. The highest BCUT2D eigenvalue weighted by atomic mass is 31.0. The van der Waals surface area contributed by atoms with Crippen LogP contribution in [0.2, 0.25) is 0 Å². The summed E-state index contributed by atoms with van der Waals surface area (Å²) in [6, 6.07) is 0.573. The van der Waals surface area contributed by atoms with Crippen molar-refractivity contribution < 1.29 is 4.39 Å². The van der Waals surface area contributed by atoms with Crippen molar-refractivity contribution in [2.45, 2.75) is 87.2 Å². The molecule has 4 rings (SSSR count). The van der Waals surface area contributed by atoms with Crippen LogP contribution >= 0.6 is 9.24 Å². The van der Waals surface area contributed by atoms with Crippen LogP contribution in [0, 0.1) is 5.92 Å². The zero-order chi connectivity index (χ0) is 15.5. The average molecular weight is 326 g/mol. The Morgan fingerprint density at radius 2 is 1.82 bits per heavy atom. The average Bonchev–Trinajstić information content (AvgIpc) is 3.14. The smallest absolute Gasteiger partial charge is 0.115 e. The van der Waals surface area contributed by atoms with Crippen LogP contribution in [0.3, 0.4) is 0 Å². The summed E-state index contributed by atoms with van der Waals surface area (Å²) in [5.74, 6) is 0.783. The van der Waals surface area contributed by atoms with E-state index >= 15 is 0 Å². The lowest BCUT2D eigenvalue weighted by atomic mass is 9.83. The fraction of sp³-hybridized carbons (Fsp3) is 1.00. The number of hydrogen-bond acceptors (Lipinski definition) is 2. The van der Waals surface area contributed by atoms with Gasteiger partial charge in [0.2, 0.25) is 0 Å². The topological polar surface area (TPSA) is 6.48 Å². The molecule has 2 saturated carbocycles. The number of halogens is 1. The second kappa shape index (κ2) is 5.39. The molecule has 0 aromatic carbocycles. The van der Waals surface area contributed by atoms with Crippen molar-refractivity contribution in [3.05, 3.63) is 0 Å². The second-order valence-electron chi connectivity index (χ2n) is 8.89. The van der Waals surface area contributed by atoms with Gasteiger partial charge in [0, 0.05) is 30.2 Å². The molecule has 22 heavy (non-hydrogen) atoms. The van der Waals surface area contributed by atoms with E-state index in [1.165, 1.54) is 51.5 Å². The van der Waals surface area contributed by atoms with Gasteiger partial charge in [0.15, 0.2) is 0 Å². The SMILES string of the molecule is CC1CN(C)C2(C1)CC(P)CC2N1CC(F)CC12CCCC2. The monoisotopic (exact) mass is 326 g/mol. The van der Waals surface area contributed by atoms with E-state index in [0.717, 1.165) is 12.3 Å². The van der Waals surface area contributed by atoms with E-state index in [0.29, 0.717) is 23.8 Å². The molecule has 4 aliphatic rings. The molecule has 0 aromatic rings.